The standard InChI is InChI=1S/C24H26N2O3S/c1-4-15-25-22(27)20(16-18-11-9-10-14-21(18)29-17(3)5-2)23(28)26(24(25)30)19-12-7-6-8-13-19/h6-14,16-17H,4-5,15H2,1-3H3/b20-16+/t17-/m0/s1. The van der Waals surface area contributed by atoms with Crippen LogP contribution < -0.4 is 9.64 Å². The zero-order chi connectivity index (χ0) is 21.7. The molecule has 0 saturated carbocycles. The van der Waals surface area contributed by atoms with Crippen molar-refractivity contribution in [1.82, 2.24) is 4.90 Å². The van der Waals surface area contributed by atoms with Crippen LogP contribution in [0.3, 0.4) is 0 Å². The zero-order valence-corrected chi connectivity index (χ0v) is 18.3. The maximum Gasteiger partial charge on any atom is 0.270 e. The number of anilines is 1. The minimum Gasteiger partial charge on any atom is -0.490 e. The van der Waals surface area contributed by atoms with Crippen LogP contribution in [0.4, 0.5) is 5.69 Å². The van der Waals surface area contributed by atoms with E-state index in [0.717, 1.165) is 12.8 Å². The Morgan fingerprint density at radius 3 is 2.33 bits per heavy atom. The lowest BCUT2D eigenvalue weighted by atomic mass is 10.0. The molecular formula is C24H26N2O3S. The minimum atomic E-state index is -0.429. The largest absolute Gasteiger partial charge is 0.490 e. The van der Waals surface area contributed by atoms with E-state index >= 15 is 0 Å². The molecule has 0 aliphatic carbocycles. The van der Waals surface area contributed by atoms with Crippen LogP contribution in [-0.2, 0) is 9.59 Å². The van der Waals surface area contributed by atoms with Crippen LogP contribution in [0.5, 0.6) is 5.75 Å². The van der Waals surface area contributed by atoms with E-state index in [1.807, 2.05) is 75.4 Å². The number of carbonyl (C=O) groups excluding carboxylic acids is 2. The van der Waals surface area contributed by atoms with Crippen molar-refractivity contribution in [2.45, 2.75) is 39.7 Å². The number of thiocarbonyl (C=S) groups is 1. The third-order valence-electron chi connectivity index (χ3n) is 4.91. The Labute approximate surface area is 182 Å². The van der Waals surface area contributed by atoms with Crippen molar-refractivity contribution >= 4 is 40.9 Å². The Hall–Kier alpha value is -2.99. The first-order valence-electron chi connectivity index (χ1n) is 10.2. The fourth-order valence-electron chi connectivity index (χ4n) is 3.16. The summed E-state index contributed by atoms with van der Waals surface area (Å²) in [5.74, 6) is -0.166. The Morgan fingerprint density at radius 1 is 1.00 bits per heavy atom. The fraction of sp³-hybridized carbons (Fsp3) is 0.292. The maximum atomic E-state index is 13.4. The molecule has 0 unspecified atom stereocenters. The predicted octanol–water partition coefficient (Wildman–Crippen LogP) is 4.82. The molecule has 2 amide bonds. The van der Waals surface area contributed by atoms with E-state index in [4.69, 9.17) is 17.0 Å². The summed E-state index contributed by atoms with van der Waals surface area (Å²) in [6.07, 6.45) is 3.21. The summed E-state index contributed by atoms with van der Waals surface area (Å²) in [5.41, 5.74) is 1.39. The first-order valence-corrected chi connectivity index (χ1v) is 10.6. The average molecular weight is 423 g/mol. The normalized spacial score (nSPS) is 16.9. The first kappa shape index (κ1) is 21.7. The van der Waals surface area contributed by atoms with Gasteiger partial charge >= 0.3 is 0 Å². The van der Waals surface area contributed by atoms with Crippen LogP contribution in [0.25, 0.3) is 6.08 Å². The number of nitrogens with zero attached hydrogens (tertiary/aromatic N) is 2. The molecule has 0 aromatic heterocycles. The highest BCUT2D eigenvalue weighted by Crippen LogP contribution is 2.29. The van der Waals surface area contributed by atoms with Gasteiger partial charge < -0.3 is 4.74 Å². The number of ether oxygens (including phenoxy) is 1. The van der Waals surface area contributed by atoms with E-state index in [-0.39, 0.29) is 22.7 Å². The number of rotatable bonds is 7. The Bertz CT molecular complexity index is 971. The zero-order valence-electron chi connectivity index (χ0n) is 17.5. The van der Waals surface area contributed by atoms with Crippen LogP contribution >= 0.6 is 12.2 Å². The van der Waals surface area contributed by atoms with Gasteiger partial charge in [-0.25, -0.2) is 0 Å². The third kappa shape index (κ3) is 4.44. The second-order valence-electron chi connectivity index (χ2n) is 7.15. The number of benzene rings is 2. The highest BCUT2D eigenvalue weighted by Gasteiger charge is 2.40. The monoisotopic (exact) mass is 422 g/mol. The second kappa shape index (κ2) is 9.67. The first-order chi connectivity index (χ1) is 14.5. The topological polar surface area (TPSA) is 49.9 Å². The molecule has 1 heterocycles. The summed E-state index contributed by atoms with van der Waals surface area (Å²) in [5, 5.41) is 0.208. The van der Waals surface area contributed by atoms with Gasteiger partial charge in [-0.05, 0) is 56.3 Å². The summed E-state index contributed by atoms with van der Waals surface area (Å²) in [6.45, 7) is 6.44. The van der Waals surface area contributed by atoms with Gasteiger partial charge in [0.15, 0.2) is 5.11 Å². The number of hydrogen-bond acceptors (Lipinski definition) is 4. The van der Waals surface area contributed by atoms with Gasteiger partial charge in [-0.3, -0.25) is 19.4 Å². The van der Waals surface area contributed by atoms with Crippen LogP contribution in [0, 0.1) is 0 Å². The number of hydrogen-bond donors (Lipinski definition) is 0. The van der Waals surface area contributed by atoms with E-state index < -0.39 is 5.91 Å². The van der Waals surface area contributed by atoms with Gasteiger partial charge in [-0.1, -0.05) is 50.2 Å². The van der Waals surface area contributed by atoms with Crippen molar-refractivity contribution < 1.29 is 14.3 Å². The molecule has 2 aromatic rings. The summed E-state index contributed by atoms with van der Waals surface area (Å²) < 4.78 is 5.99. The van der Waals surface area contributed by atoms with Crippen molar-refractivity contribution in [2.75, 3.05) is 11.4 Å². The molecule has 3 rings (SSSR count). The molecule has 156 valence electrons. The lowest BCUT2D eigenvalue weighted by Crippen LogP contribution is -2.56. The molecule has 30 heavy (non-hydrogen) atoms. The maximum absolute atomic E-state index is 13.4. The minimum absolute atomic E-state index is 0.0206. The third-order valence-corrected chi connectivity index (χ3v) is 5.32. The van der Waals surface area contributed by atoms with Gasteiger partial charge in [0.1, 0.15) is 11.3 Å². The van der Waals surface area contributed by atoms with Gasteiger partial charge in [0.2, 0.25) is 0 Å². The molecule has 0 spiro atoms. The highest BCUT2D eigenvalue weighted by atomic mass is 32.1. The number of amides is 2. The van der Waals surface area contributed by atoms with E-state index in [9.17, 15) is 9.59 Å². The van der Waals surface area contributed by atoms with E-state index in [1.165, 1.54) is 9.80 Å². The average Bonchev–Trinajstić information content (AvgIpc) is 2.76. The van der Waals surface area contributed by atoms with Crippen molar-refractivity contribution in [2.24, 2.45) is 0 Å². The molecule has 1 saturated heterocycles. The Balaban J connectivity index is 2.08. The van der Waals surface area contributed by atoms with Crippen molar-refractivity contribution in [1.29, 1.82) is 0 Å². The van der Waals surface area contributed by atoms with E-state index in [0.29, 0.717) is 23.5 Å². The Kier molecular flexibility index (Phi) is 7.00. The number of carbonyl (C=O) groups is 2. The van der Waals surface area contributed by atoms with Gasteiger partial charge in [-0.2, -0.15) is 0 Å². The lowest BCUT2D eigenvalue weighted by molar-refractivity contribution is -0.127. The van der Waals surface area contributed by atoms with Gasteiger partial charge in [0.05, 0.1) is 11.8 Å². The number of para-hydroxylation sites is 2. The van der Waals surface area contributed by atoms with Crippen LogP contribution in [0.2, 0.25) is 0 Å². The summed E-state index contributed by atoms with van der Waals surface area (Å²) >= 11 is 5.52. The highest BCUT2D eigenvalue weighted by molar-refractivity contribution is 7.80. The molecule has 1 aliphatic rings. The van der Waals surface area contributed by atoms with Crippen LogP contribution in [0.1, 0.15) is 39.2 Å². The van der Waals surface area contributed by atoms with E-state index in [1.54, 1.807) is 6.08 Å². The second-order valence-corrected chi connectivity index (χ2v) is 7.51. The molecule has 0 N–H and O–H groups in total. The van der Waals surface area contributed by atoms with Crippen molar-refractivity contribution in [3.8, 4) is 5.75 Å². The molecule has 6 heteroatoms. The molecule has 0 bridgehead atoms. The van der Waals surface area contributed by atoms with Crippen LogP contribution in [-0.4, -0.2) is 34.5 Å². The van der Waals surface area contributed by atoms with Gasteiger partial charge in [-0.15, -0.1) is 0 Å². The molecule has 1 atom stereocenters. The van der Waals surface area contributed by atoms with E-state index in [2.05, 4.69) is 0 Å². The molecule has 1 fully saturated rings. The quantitative estimate of drug-likeness (QED) is 0.365. The summed E-state index contributed by atoms with van der Waals surface area (Å²) in [4.78, 5) is 29.5. The van der Waals surface area contributed by atoms with Gasteiger partial charge in [0, 0.05) is 12.1 Å². The van der Waals surface area contributed by atoms with Crippen LogP contribution in [0.15, 0.2) is 60.2 Å². The SMILES string of the molecule is CCCN1C(=O)/C(=C\c2ccccc2O[C@@H](C)CC)C(=O)N(c2ccccc2)C1=S. The molecule has 1 aliphatic heterocycles. The summed E-state index contributed by atoms with van der Waals surface area (Å²) in [6, 6.07) is 16.6. The summed E-state index contributed by atoms with van der Waals surface area (Å²) in [7, 11) is 0. The lowest BCUT2D eigenvalue weighted by Gasteiger charge is -2.36. The molecule has 0 radical (unpaired) electrons. The molecular weight excluding hydrogens is 396 g/mol. The van der Waals surface area contributed by atoms with Crippen molar-refractivity contribution in [3.05, 3.63) is 65.7 Å². The van der Waals surface area contributed by atoms with Gasteiger partial charge in [0.25, 0.3) is 11.8 Å². The molecule has 5 nitrogen and oxygen atoms in total. The smallest absolute Gasteiger partial charge is 0.270 e. The van der Waals surface area contributed by atoms with Crippen molar-refractivity contribution in [3.63, 3.8) is 0 Å². The predicted molar refractivity (Wildman–Crippen MR) is 123 cm³/mol. The molecule has 2 aromatic carbocycles. The Morgan fingerprint density at radius 2 is 1.67 bits per heavy atom. The fourth-order valence-corrected chi connectivity index (χ4v) is 3.53.